The summed E-state index contributed by atoms with van der Waals surface area (Å²) in [7, 11) is 0. The lowest BCUT2D eigenvalue weighted by atomic mass is 10.2. The molecule has 1 aliphatic rings. The second-order valence-corrected chi connectivity index (χ2v) is 6.26. The SMILES string of the molecule is Cc1csc(Cc2nc([C@@H]3CCCN3)cs2)n1. The monoisotopic (exact) mass is 265 g/mol. The first kappa shape index (κ1) is 11.3. The van der Waals surface area contributed by atoms with E-state index in [1.807, 2.05) is 6.92 Å². The highest BCUT2D eigenvalue weighted by Crippen LogP contribution is 2.25. The van der Waals surface area contributed by atoms with E-state index in [9.17, 15) is 0 Å². The Labute approximate surface area is 109 Å². The lowest BCUT2D eigenvalue weighted by molar-refractivity contribution is 0.630. The van der Waals surface area contributed by atoms with E-state index in [0.29, 0.717) is 6.04 Å². The zero-order valence-corrected chi connectivity index (χ0v) is 11.4. The highest BCUT2D eigenvalue weighted by Gasteiger charge is 2.19. The molecule has 1 fully saturated rings. The number of thiazole rings is 2. The van der Waals surface area contributed by atoms with Gasteiger partial charge in [0, 0.05) is 16.5 Å². The van der Waals surface area contributed by atoms with Gasteiger partial charge in [0.05, 0.1) is 28.2 Å². The fraction of sp³-hybridized carbons (Fsp3) is 0.500. The Morgan fingerprint density at radius 3 is 2.82 bits per heavy atom. The maximum absolute atomic E-state index is 4.72. The zero-order chi connectivity index (χ0) is 11.7. The molecule has 1 saturated heterocycles. The van der Waals surface area contributed by atoms with Gasteiger partial charge in [-0.2, -0.15) is 0 Å². The third-order valence-corrected chi connectivity index (χ3v) is 4.79. The Bertz CT molecular complexity index is 497. The van der Waals surface area contributed by atoms with Crippen LogP contribution in [0.5, 0.6) is 0 Å². The fourth-order valence-corrected chi connectivity index (χ4v) is 3.84. The lowest BCUT2D eigenvalue weighted by Crippen LogP contribution is -2.13. The van der Waals surface area contributed by atoms with E-state index in [1.165, 1.54) is 28.6 Å². The van der Waals surface area contributed by atoms with E-state index in [2.05, 4.69) is 21.1 Å². The predicted molar refractivity (Wildman–Crippen MR) is 71.7 cm³/mol. The maximum Gasteiger partial charge on any atom is 0.0997 e. The standard InChI is InChI=1S/C12H15N3S2/c1-8-6-16-11(14-8)5-12-15-10(7-17-12)9-3-2-4-13-9/h6-7,9,13H,2-5H2,1H3/t9-/m0/s1. The van der Waals surface area contributed by atoms with E-state index in [1.54, 1.807) is 22.7 Å². The summed E-state index contributed by atoms with van der Waals surface area (Å²) in [6.07, 6.45) is 3.37. The van der Waals surface area contributed by atoms with Crippen LogP contribution in [0.25, 0.3) is 0 Å². The van der Waals surface area contributed by atoms with Crippen LogP contribution in [0.1, 0.15) is 40.3 Å². The molecule has 17 heavy (non-hydrogen) atoms. The van der Waals surface area contributed by atoms with Gasteiger partial charge in [0.15, 0.2) is 0 Å². The van der Waals surface area contributed by atoms with Gasteiger partial charge in [-0.1, -0.05) is 0 Å². The molecule has 1 atom stereocenters. The van der Waals surface area contributed by atoms with Gasteiger partial charge in [-0.25, -0.2) is 9.97 Å². The molecule has 5 heteroatoms. The average Bonchev–Trinajstić information content (AvgIpc) is 3.00. The van der Waals surface area contributed by atoms with Crippen molar-refractivity contribution >= 4 is 22.7 Å². The molecular formula is C12H15N3S2. The molecule has 3 rings (SSSR count). The molecule has 0 aliphatic carbocycles. The first-order valence-electron chi connectivity index (χ1n) is 5.90. The van der Waals surface area contributed by atoms with Gasteiger partial charge < -0.3 is 5.32 Å². The molecule has 0 aromatic carbocycles. The van der Waals surface area contributed by atoms with E-state index in [0.717, 1.165) is 18.7 Å². The zero-order valence-electron chi connectivity index (χ0n) is 9.77. The molecule has 0 unspecified atom stereocenters. The molecule has 2 aromatic heterocycles. The van der Waals surface area contributed by atoms with Crippen LogP contribution in [-0.2, 0) is 6.42 Å². The molecule has 1 N–H and O–H groups in total. The third-order valence-electron chi connectivity index (χ3n) is 2.96. The largest absolute Gasteiger partial charge is 0.309 e. The van der Waals surface area contributed by atoms with Gasteiger partial charge in [-0.3, -0.25) is 0 Å². The molecule has 0 saturated carbocycles. The van der Waals surface area contributed by atoms with Gasteiger partial charge in [0.1, 0.15) is 0 Å². The highest BCUT2D eigenvalue weighted by molar-refractivity contribution is 7.11. The van der Waals surface area contributed by atoms with Gasteiger partial charge in [0.2, 0.25) is 0 Å². The summed E-state index contributed by atoms with van der Waals surface area (Å²) in [5.41, 5.74) is 2.33. The van der Waals surface area contributed by atoms with Crippen LogP contribution < -0.4 is 5.32 Å². The number of aryl methyl sites for hydroxylation is 1. The number of nitrogens with one attached hydrogen (secondary N) is 1. The molecule has 2 aromatic rings. The van der Waals surface area contributed by atoms with Crippen LogP contribution in [0.15, 0.2) is 10.8 Å². The summed E-state index contributed by atoms with van der Waals surface area (Å²) < 4.78 is 0. The molecule has 3 nitrogen and oxygen atoms in total. The molecule has 3 heterocycles. The molecule has 0 amide bonds. The Morgan fingerprint density at radius 2 is 2.12 bits per heavy atom. The average molecular weight is 265 g/mol. The van der Waals surface area contributed by atoms with Crippen molar-refractivity contribution in [2.45, 2.75) is 32.2 Å². The second-order valence-electron chi connectivity index (χ2n) is 4.37. The molecular weight excluding hydrogens is 250 g/mol. The molecule has 1 aliphatic heterocycles. The summed E-state index contributed by atoms with van der Waals surface area (Å²) in [5, 5.41) is 10.1. The van der Waals surface area contributed by atoms with Crippen molar-refractivity contribution in [3.63, 3.8) is 0 Å². The maximum atomic E-state index is 4.72. The van der Waals surface area contributed by atoms with Crippen LogP contribution >= 0.6 is 22.7 Å². The molecule has 90 valence electrons. The van der Waals surface area contributed by atoms with E-state index < -0.39 is 0 Å². The lowest BCUT2D eigenvalue weighted by Gasteiger charge is -2.04. The molecule has 0 radical (unpaired) electrons. The minimum absolute atomic E-state index is 0.484. The first-order valence-corrected chi connectivity index (χ1v) is 7.66. The van der Waals surface area contributed by atoms with Gasteiger partial charge >= 0.3 is 0 Å². The summed E-state index contributed by atoms with van der Waals surface area (Å²) in [6, 6.07) is 0.484. The Hall–Kier alpha value is -0.780. The normalized spacial score (nSPS) is 19.9. The number of hydrogen-bond acceptors (Lipinski definition) is 5. The summed E-state index contributed by atoms with van der Waals surface area (Å²) in [4.78, 5) is 9.20. The second kappa shape index (κ2) is 4.84. The number of nitrogens with zero attached hydrogens (tertiary/aromatic N) is 2. The molecule has 0 spiro atoms. The van der Waals surface area contributed by atoms with Crippen molar-refractivity contribution in [1.29, 1.82) is 0 Å². The quantitative estimate of drug-likeness (QED) is 0.927. The van der Waals surface area contributed by atoms with E-state index in [-0.39, 0.29) is 0 Å². The Balaban J connectivity index is 1.71. The Morgan fingerprint density at radius 1 is 1.29 bits per heavy atom. The van der Waals surface area contributed by atoms with Crippen molar-refractivity contribution < 1.29 is 0 Å². The topological polar surface area (TPSA) is 37.8 Å². The number of aromatic nitrogens is 2. The van der Waals surface area contributed by atoms with Crippen LogP contribution in [0, 0.1) is 6.92 Å². The highest BCUT2D eigenvalue weighted by atomic mass is 32.1. The third kappa shape index (κ3) is 2.56. The smallest absolute Gasteiger partial charge is 0.0997 e. The van der Waals surface area contributed by atoms with Crippen LogP contribution in [-0.4, -0.2) is 16.5 Å². The summed E-state index contributed by atoms with van der Waals surface area (Å²) >= 11 is 3.48. The van der Waals surface area contributed by atoms with Gasteiger partial charge in [0.25, 0.3) is 0 Å². The number of rotatable bonds is 3. The van der Waals surface area contributed by atoms with Crippen LogP contribution in [0.2, 0.25) is 0 Å². The fourth-order valence-electron chi connectivity index (χ4n) is 2.12. The summed E-state index contributed by atoms with van der Waals surface area (Å²) in [5.74, 6) is 0. The number of hydrogen-bond donors (Lipinski definition) is 1. The van der Waals surface area contributed by atoms with Crippen molar-refractivity contribution in [3.05, 3.63) is 32.2 Å². The van der Waals surface area contributed by atoms with Crippen molar-refractivity contribution in [1.82, 2.24) is 15.3 Å². The van der Waals surface area contributed by atoms with Crippen LogP contribution in [0.4, 0.5) is 0 Å². The van der Waals surface area contributed by atoms with E-state index >= 15 is 0 Å². The van der Waals surface area contributed by atoms with Crippen molar-refractivity contribution in [2.24, 2.45) is 0 Å². The van der Waals surface area contributed by atoms with Gasteiger partial charge in [-0.05, 0) is 26.3 Å². The van der Waals surface area contributed by atoms with Crippen molar-refractivity contribution in [3.8, 4) is 0 Å². The summed E-state index contributed by atoms with van der Waals surface area (Å²) in [6.45, 7) is 3.17. The minimum atomic E-state index is 0.484. The van der Waals surface area contributed by atoms with Crippen molar-refractivity contribution in [2.75, 3.05) is 6.54 Å². The van der Waals surface area contributed by atoms with Gasteiger partial charge in [-0.15, -0.1) is 22.7 Å². The van der Waals surface area contributed by atoms with Crippen LogP contribution in [0.3, 0.4) is 0 Å². The Kier molecular flexibility index (Phi) is 3.22. The van der Waals surface area contributed by atoms with E-state index in [4.69, 9.17) is 4.98 Å². The minimum Gasteiger partial charge on any atom is -0.309 e. The first-order chi connectivity index (χ1) is 8.31. The molecule has 0 bridgehead atoms. The predicted octanol–water partition coefficient (Wildman–Crippen LogP) is 2.92.